The minimum atomic E-state index is -0.275. The van der Waals surface area contributed by atoms with Crippen molar-refractivity contribution < 1.29 is 4.39 Å². The third-order valence-electron chi connectivity index (χ3n) is 2.90. The summed E-state index contributed by atoms with van der Waals surface area (Å²) in [6.07, 6.45) is 2.30. The predicted octanol–water partition coefficient (Wildman–Crippen LogP) is 3.81. The molecule has 0 N–H and O–H groups in total. The standard InChI is InChI=1S/C13H10ClFN2/c14-13-11(9-2-1-3-10(15)6-9)7-12(16-17-13)8-4-5-8/h1-3,6-8H,4-5H2. The molecule has 0 radical (unpaired) electrons. The summed E-state index contributed by atoms with van der Waals surface area (Å²) >= 11 is 6.01. The van der Waals surface area contributed by atoms with E-state index in [-0.39, 0.29) is 5.82 Å². The molecule has 0 aliphatic heterocycles. The lowest BCUT2D eigenvalue weighted by Crippen LogP contribution is -1.94. The van der Waals surface area contributed by atoms with Gasteiger partial charge in [0.15, 0.2) is 5.15 Å². The number of nitrogens with zero attached hydrogens (tertiary/aromatic N) is 2. The van der Waals surface area contributed by atoms with Crippen LogP contribution >= 0.6 is 11.6 Å². The Labute approximate surface area is 103 Å². The second-order valence-electron chi connectivity index (χ2n) is 4.26. The predicted molar refractivity (Wildman–Crippen MR) is 64.4 cm³/mol. The van der Waals surface area contributed by atoms with Gasteiger partial charge in [-0.3, -0.25) is 0 Å². The van der Waals surface area contributed by atoms with E-state index in [4.69, 9.17) is 11.6 Å². The summed E-state index contributed by atoms with van der Waals surface area (Å²) < 4.78 is 13.2. The van der Waals surface area contributed by atoms with Crippen molar-refractivity contribution in [2.24, 2.45) is 0 Å². The minimum absolute atomic E-state index is 0.275. The SMILES string of the molecule is Fc1cccc(-c2cc(C3CC3)nnc2Cl)c1. The molecule has 0 atom stereocenters. The maximum absolute atomic E-state index is 13.2. The Balaban J connectivity index is 2.09. The largest absolute Gasteiger partial charge is 0.207 e. The van der Waals surface area contributed by atoms with Gasteiger partial charge in [0, 0.05) is 11.5 Å². The van der Waals surface area contributed by atoms with Crippen molar-refractivity contribution in [1.29, 1.82) is 0 Å². The zero-order valence-corrected chi connectivity index (χ0v) is 9.78. The van der Waals surface area contributed by atoms with Crippen molar-refractivity contribution in [3.63, 3.8) is 0 Å². The molecule has 1 aliphatic carbocycles. The van der Waals surface area contributed by atoms with E-state index in [0.29, 0.717) is 11.1 Å². The van der Waals surface area contributed by atoms with Gasteiger partial charge in [-0.25, -0.2) is 4.39 Å². The molecule has 1 saturated carbocycles. The van der Waals surface area contributed by atoms with Crippen LogP contribution in [0, 0.1) is 5.82 Å². The topological polar surface area (TPSA) is 25.8 Å². The van der Waals surface area contributed by atoms with Crippen molar-refractivity contribution in [3.8, 4) is 11.1 Å². The fraction of sp³-hybridized carbons (Fsp3) is 0.231. The summed E-state index contributed by atoms with van der Waals surface area (Å²) in [5.41, 5.74) is 2.45. The molecule has 2 aromatic rings. The molecule has 0 bridgehead atoms. The lowest BCUT2D eigenvalue weighted by Gasteiger charge is -2.05. The molecule has 1 fully saturated rings. The third-order valence-corrected chi connectivity index (χ3v) is 3.18. The first-order chi connectivity index (χ1) is 8.24. The van der Waals surface area contributed by atoms with Crippen LogP contribution in [0.4, 0.5) is 4.39 Å². The highest BCUT2D eigenvalue weighted by Crippen LogP contribution is 2.40. The fourth-order valence-corrected chi connectivity index (χ4v) is 2.03. The van der Waals surface area contributed by atoms with E-state index in [0.717, 1.165) is 29.7 Å². The molecule has 2 nitrogen and oxygen atoms in total. The van der Waals surface area contributed by atoms with Crippen LogP contribution in [-0.4, -0.2) is 10.2 Å². The second-order valence-corrected chi connectivity index (χ2v) is 4.62. The minimum Gasteiger partial charge on any atom is -0.207 e. The van der Waals surface area contributed by atoms with Gasteiger partial charge >= 0.3 is 0 Å². The normalized spacial score (nSPS) is 14.9. The number of halogens is 2. The Kier molecular flexibility index (Phi) is 2.56. The second kappa shape index (κ2) is 4.08. The molecule has 3 rings (SSSR count). The van der Waals surface area contributed by atoms with Crippen molar-refractivity contribution in [2.45, 2.75) is 18.8 Å². The van der Waals surface area contributed by atoms with Crippen LogP contribution < -0.4 is 0 Å². The fourth-order valence-electron chi connectivity index (χ4n) is 1.83. The first kappa shape index (κ1) is 10.7. The van der Waals surface area contributed by atoms with E-state index < -0.39 is 0 Å². The maximum Gasteiger partial charge on any atom is 0.159 e. The van der Waals surface area contributed by atoms with Gasteiger partial charge in [-0.1, -0.05) is 23.7 Å². The zero-order valence-electron chi connectivity index (χ0n) is 9.03. The van der Waals surface area contributed by atoms with E-state index in [1.54, 1.807) is 6.07 Å². The first-order valence-corrected chi connectivity index (χ1v) is 5.91. The summed E-state index contributed by atoms with van der Waals surface area (Å²) in [5, 5.41) is 8.33. The van der Waals surface area contributed by atoms with Crippen molar-refractivity contribution >= 4 is 11.6 Å². The van der Waals surface area contributed by atoms with Crippen LogP contribution in [0.2, 0.25) is 5.15 Å². The van der Waals surface area contributed by atoms with Gasteiger partial charge < -0.3 is 0 Å². The molecule has 0 saturated heterocycles. The Bertz CT molecular complexity index is 567. The molecule has 1 aromatic carbocycles. The maximum atomic E-state index is 13.2. The molecule has 86 valence electrons. The summed E-state index contributed by atoms with van der Waals surface area (Å²) in [6, 6.07) is 8.27. The average Bonchev–Trinajstić information content (AvgIpc) is 3.14. The number of hydrogen-bond acceptors (Lipinski definition) is 2. The molecule has 1 heterocycles. The molecule has 0 unspecified atom stereocenters. The van der Waals surface area contributed by atoms with Gasteiger partial charge in [0.1, 0.15) is 5.82 Å². The van der Waals surface area contributed by atoms with Crippen LogP contribution in [0.5, 0.6) is 0 Å². The monoisotopic (exact) mass is 248 g/mol. The van der Waals surface area contributed by atoms with E-state index in [1.165, 1.54) is 12.1 Å². The Morgan fingerprint density at radius 1 is 1.18 bits per heavy atom. The highest BCUT2D eigenvalue weighted by Gasteiger charge is 2.26. The van der Waals surface area contributed by atoms with E-state index in [1.807, 2.05) is 12.1 Å². The quantitative estimate of drug-likeness (QED) is 0.808. The molecule has 0 amide bonds. The highest BCUT2D eigenvalue weighted by atomic mass is 35.5. The average molecular weight is 249 g/mol. The smallest absolute Gasteiger partial charge is 0.159 e. The molecular weight excluding hydrogens is 239 g/mol. The lowest BCUT2D eigenvalue weighted by molar-refractivity contribution is 0.628. The van der Waals surface area contributed by atoms with Crippen LogP contribution in [0.15, 0.2) is 30.3 Å². The van der Waals surface area contributed by atoms with Crippen molar-refractivity contribution in [2.75, 3.05) is 0 Å². The Morgan fingerprint density at radius 3 is 2.71 bits per heavy atom. The molecule has 4 heteroatoms. The van der Waals surface area contributed by atoms with E-state index in [9.17, 15) is 4.39 Å². The third kappa shape index (κ3) is 2.15. The lowest BCUT2D eigenvalue weighted by atomic mass is 10.1. The summed E-state index contributed by atoms with van der Waals surface area (Å²) in [6.45, 7) is 0. The number of hydrogen-bond donors (Lipinski definition) is 0. The van der Waals surface area contributed by atoms with Gasteiger partial charge in [0.25, 0.3) is 0 Å². The van der Waals surface area contributed by atoms with E-state index >= 15 is 0 Å². The van der Waals surface area contributed by atoms with Gasteiger partial charge in [-0.05, 0) is 36.6 Å². The molecule has 1 aliphatic rings. The molecule has 0 spiro atoms. The van der Waals surface area contributed by atoms with E-state index in [2.05, 4.69) is 10.2 Å². The highest BCUT2D eigenvalue weighted by molar-refractivity contribution is 6.32. The van der Waals surface area contributed by atoms with Crippen LogP contribution in [0.1, 0.15) is 24.5 Å². The number of aromatic nitrogens is 2. The summed E-state index contributed by atoms with van der Waals surface area (Å²) in [4.78, 5) is 0. The van der Waals surface area contributed by atoms with Crippen molar-refractivity contribution in [1.82, 2.24) is 10.2 Å². The van der Waals surface area contributed by atoms with Crippen LogP contribution in [-0.2, 0) is 0 Å². The van der Waals surface area contributed by atoms with Gasteiger partial charge in [-0.2, -0.15) is 5.10 Å². The molecular formula is C13H10ClFN2. The molecule has 1 aromatic heterocycles. The van der Waals surface area contributed by atoms with Gasteiger partial charge in [0.05, 0.1) is 5.69 Å². The first-order valence-electron chi connectivity index (χ1n) is 5.53. The summed E-state index contributed by atoms with van der Waals surface area (Å²) in [7, 11) is 0. The number of rotatable bonds is 2. The van der Waals surface area contributed by atoms with Crippen LogP contribution in [0.3, 0.4) is 0 Å². The van der Waals surface area contributed by atoms with Gasteiger partial charge in [-0.15, -0.1) is 5.10 Å². The zero-order chi connectivity index (χ0) is 11.8. The van der Waals surface area contributed by atoms with Crippen LogP contribution in [0.25, 0.3) is 11.1 Å². The summed E-state index contributed by atoms with van der Waals surface area (Å²) in [5.74, 6) is 0.232. The molecule has 17 heavy (non-hydrogen) atoms. The Hall–Kier alpha value is -1.48. The van der Waals surface area contributed by atoms with Gasteiger partial charge in [0.2, 0.25) is 0 Å². The Morgan fingerprint density at radius 2 is 2.00 bits per heavy atom. The van der Waals surface area contributed by atoms with Crippen molar-refractivity contribution in [3.05, 3.63) is 47.0 Å². The number of benzene rings is 1.